The molecule has 1 aromatic rings. The van der Waals surface area contributed by atoms with Crippen molar-refractivity contribution >= 4 is 11.6 Å². The van der Waals surface area contributed by atoms with Crippen molar-refractivity contribution in [3.63, 3.8) is 0 Å². The molecule has 2 unspecified atom stereocenters. The van der Waals surface area contributed by atoms with Crippen LogP contribution in [0.1, 0.15) is 31.1 Å². The summed E-state index contributed by atoms with van der Waals surface area (Å²) in [5.41, 5.74) is 0.673. The first kappa shape index (κ1) is 10.9. The minimum atomic E-state index is -0.590. The number of nitrogens with zero attached hydrogens (tertiary/aromatic N) is 2. The molecule has 0 amide bonds. The Morgan fingerprint density at radius 1 is 1.80 bits per heavy atom. The number of aliphatic hydroxyl groups is 1. The molecular weight excluding hydrogens is 216 g/mol. The molecule has 0 saturated carbocycles. The molecule has 0 aliphatic carbocycles. The molecule has 1 aliphatic heterocycles. The summed E-state index contributed by atoms with van der Waals surface area (Å²) in [4.78, 5) is 0. The number of aromatic nitrogens is 2. The highest BCUT2D eigenvalue weighted by Crippen LogP contribution is 2.28. The van der Waals surface area contributed by atoms with Gasteiger partial charge in [0.2, 0.25) is 0 Å². The lowest BCUT2D eigenvalue weighted by atomic mass is 10.1. The average molecular weight is 231 g/mol. The maximum atomic E-state index is 10.0. The van der Waals surface area contributed by atoms with Gasteiger partial charge in [0.25, 0.3) is 0 Å². The van der Waals surface area contributed by atoms with Crippen molar-refractivity contribution < 1.29 is 9.84 Å². The van der Waals surface area contributed by atoms with Crippen LogP contribution >= 0.6 is 11.6 Å². The predicted octanol–water partition coefficient (Wildman–Crippen LogP) is 1.68. The van der Waals surface area contributed by atoms with Gasteiger partial charge < -0.3 is 9.84 Å². The molecule has 1 aromatic heterocycles. The molecule has 84 valence electrons. The molecule has 2 rings (SSSR count). The molecule has 15 heavy (non-hydrogen) atoms. The molecule has 5 heteroatoms. The van der Waals surface area contributed by atoms with Crippen molar-refractivity contribution in [1.29, 1.82) is 0 Å². The van der Waals surface area contributed by atoms with Crippen LogP contribution in [0, 0.1) is 0 Å². The third kappa shape index (κ3) is 2.33. The van der Waals surface area contributed by atoms with Gasteiger partial charge in [-0.05, 0) is 12.8 Å². The van der Waals surface area contributed by atoms with Crippen LogP contribution in [0.5, 0.6) is 0 Å². The Kier molecular flexibility index (Phi) is 3.29. The molecule has 0 aromatic carbocycles. The van der Waals surface area contributed by atoms with Crippen molar-refractivity contribution in [2.24, 2.45) is 7.05 Å². The highest BCUT2D eigenvalue weighted by molar-refractivity contribution is 6.31. The first-order valence-corrected chi connectivity index (χ1v) is 5.53. The van der Waals surface area contributed by atoms with Crippen LogP contribution in [-0.2, 0) is 11.8 Å². The molecule has 1 N–H and O–H groups in total. The second kappa shape index (κ2) is 4.51. The van der Waals surface area contributed by atoms with Gasteiger partial charge in [-0.15, -0.1) is 0 Å². The summed E-state index contributed by atoms with van der Waals surface area (Å²) in [6, 6.07) is 0. The third-order valence-electron chi connectivity index (χ3n) is 2.76. The van der Waals surface area contributed by atoms with Gasteiger partial charge in [-0.1, -0.05) is 11.6 Å². The fraction of sp³-hybridized carbons (Fsp3) is 0.700. The molecule has 0 radical (unpaired) electrons. The fourth-order valence-corrected chi connectivity index (χ4v) is 2.28. The van der Waals surface area contributed by atoms with Crippen molar-refractivity contribution in [2.75, 3.05) is 6.61 Å². The maximum Gasteiger partial charge on any atom is 0.0996 e. The van der Waals surface area contributed by atoms with E-state index in [1.54, 1.807) is 17.9 Å². The molecule has 1 fully saturated rings. The molecule has 0 bridgehead atoms. The van der Waals surface area contributed by atoms with E-state index < -0.39 is 6.10 Å². The Morgan fingerprint density at radius 3 is 3.13 bits per heavy atom. The second-order valence-electron chi connectivity index (χ2n) is 3.89. The van der Waals surface area contributed by atoms with Crippen LogP contribution in [0.3, 0.4) is 0 Å². The van der Waals surface area contributed by atoms with Crippen LogP contribution < -0.4 is 0 Å². The van der Waals surface area contributed by atoms with Gasteiger partial charge in [-0.25, -0.2) is 0 Å². The van der Waals surface area contributed by atoms with E-state index >= 15 is 0 Å². The van der Waals surface area contributed by atoms with Gasteiger partial charge in [0.05, 0.1) is 29.1 Å². The van der Waals surface area contributed by atoms with E-state index in [1.165, 1.54) is 0 Å². The lowest BCUT2D eigenvalue weighted by molar-refractivity contribution is 0.0505. The van der Waals surface area contributed by atoms with E-state index in [0.717, 1.165) is 19.4 Å². The molecule has 2 heterocycles. The highest BCUT2D eigenvalue weighted by atomic mass is 35.5. The number of hydrogen-bond donors (Lipinski definition) is 1. The number of ether oxygens (including phenoxy) is 1. The maximum absolute atomic E-state index is 10.0. The van der Waals surface area contributed by atoms with E-state index in [4.69, 9.17) is 16.3 Å². The molecule has 1 saturated heterocycles. The van der Waals surface area contributed by atoms with E-state index in [-0.39, 0.29) is 6.10 Å². The first-order chi connectivity index (χ1) is 7.18. The monoisotopic (exact) mass is 230 g/mol. The zero-order chi connectivity index (χ0) is 10.8. The number of aliphatic hydroxyl groups excluding tert-OH is 1. The predicted molar refractivity (Wildman–Crippen MR) is 56.8 cm³/mol. The van der Waals surface area contributed by atoms with Crippen molar-refractivity contribution in [3.8, 4) is 0 Å². The summed E-state index contributed by atoms with van der Waals surface area (Å²) in [6.07, 6.45) is 3.82. The average Bonchev–Trinajstić information content (AvgIpc) is 2.77. The molecule has 0 spiro atoms. The minimum Gasteiger partial charge on any atom is -0.387 e. The van der Waals surface area contributed by atoms with E-state index in [9.17, 15) is 5.11 Å². The van der Waals surface area contributed by atoms with E-state index in [1.807, 2.05) is 0 Å². The van der Waals surface area contributed by atoms with Crippen molar-refractivity contribution in [3.05, 3.63) is 16.9 Å². The summed E-state index contributed by atoms with van der Waals surface area (Å²) in [7, 11) is 1.78. The van der Waals surface area contributed by atoms with Crippen molar-refractivity contribution in [1.82, 2.24) is 9.78 Å². The SMILES string of the molecule is Cn1ncc(Cl)c1C(O)CC1CCCO1. The quantitative estimate of drug-likeness (QED) is 0.860. The Labute approximate surface area is 93.8 Å². The zero-order valence-electron chi connectivity index (χ0n) is 8.69. The van der Waals surface area contributed by atoms with Gasteiger partial charge in [-0.3, -0.25) is 4.68 Å². The Balaban J connectivity index is 2.03. The fourth-order valence-electron chi connectivity index (χ4n) is 1.99. The summed E-state index contributed by atoms with van der Waals surface area (Å²) in [6.45, 7) is 0.802. The van der Waals surface area contributed by atoms with Crippen LogP contribution in [-0.4, -0.2) is 27.6 Å². The summed E-state index contributed by atoms with van der Waals surface area (Å²) < 4.78 is 7.08. The Morgan fingerprint density at radius 2 is 2.60 bits per heavy atom. The lowest BCUT2D eigenvalue weighted by Gasteiger charge is -2.15. The summed E-state index contributed by atoms with van der Waals surface area (Å²) in [5.74, 6) is 0. The second-order valence-corrected chi connectivity index (χ2v) is 4.30. The Bertz CT molecular complexity index is 315. The zero-order valence-corrected chi connectivity index (χ0v) is 9.44. The number of aryl methyl sites for hydroxylation is 1. The van der Waals surface area contributed by atoms with Crippen LogP contribution in [0.25, 0.3) is 0 Å². The summed E-state index contributed by atoms with van der Waals surface area (Å²) >= 11 is 5.94. The largest absolute Gasteiger partial charge is 0.387 e. The van der Waals surface area contributed by atoms with Gasteiger partial charge in [0, 0.05) is 20.1 Å². The minimum absolute atomic E-state index is 0.158. The highest BCUT2D eigenvalue weighted by Gasteiger charge is 2.23. The standard InChI is InChI=1S/C10H15ClN2O2/c1-13-10(8(11)6-12-13)9(14)5-7-3-2-4-15-7/h6-7,9,14H,2-5H2,1H3. The van der Waals surface area contributed by atoms with Gasteiger partial charge >= 0.3 is 0 Å². The van der Waals surface area contributed by atoms with Crippen LogP contribution in [0.2, 0.25) is 5.02 Å². The van der Waals surface area contributed by atoms with E-state index in [2.05, 4.69) is 5.10 Å². The smallest absolute Gasteiger partial charge is 0.0996 e. The number of rotatable bonds is 3. The summed E-state index contributed by atoms with van der Waals surface area (Å²) in [5, 5.41) is 14.5. The van der Waals surface area contributed by atoms with Crippen molar-refractivity contribution in [2.45, 2.75) is 31.5 Å². The third-order valence-corrected chi connectivity index (χ3v) is 3.05. The van der Waals surface area contributed by atoms with Crippen LogP contribution in [0.15, 0.2) is 6.20 Å². The van der Waals surface area contributed by atoms with Gasteiger partial charge in [0.1, 0.15) is 0 Å². The number of halogens is 1. The van der Waals surface area contributed by atoms with Crippen LogP contribution in [0.4, 0.5) is 0 Å². The molecule has 1 aliphatic rings. The van der Waals surface area contributed by atoms with Gasteiger partial charge in [-0.2, -0.15) is 5.10 Å². The Hall–Kier alpha value is -0.580. The lowest BCUT2D eigenvalue weighted by Crippen LogP contribution is -2.14. The molecule has 4 nitrogen and oxygen atoms in total. The normalized spacial score (nSPS) is 23.3. The first-order valence-electron chi connectivity index (χ1n) is 5.15. The van der Waals surface area contributed by atoms with E-state index in [0.29, 0.717) is 17.1 Å². The topological polar surface area (TPSA) is 47.3 Å². The van der Waals surface area contributed by atoms with Gasteiger partial charge in [0.15, 0.2) is 0 Å². The number of hydrogen-bond acceptors (Lipinski definition) is 3. The molecular formula is C10H15ClN2O2. The molecule has 2 atom stereocenters.